The lowest BCUT2D eigenvalue weighted by atomic mass is 9.76. The highest BCUT2D eigenvalue weighted by Crippen LogP contribution is 2.44. The molecular weight excluding hydrogens is 322 g/mol. The largest absolute Gasteiger partial charge is 0.505 e. The number of rotatable bonds is 1. The summed E-state index contributed by atoms with van der Waals surface area (Å²) in [7, 11) is 0. The maximum absolute atomic E-state index is 12.6. The number of nitrogen functional groups attached to an aromatic ring is 1. The Hall–Kier alpha value is -2.90. The second kappa shape index (κ2) is 5.58. The predicted molar refractivity (Wildman–Crippen MR) is 90.3 cm³/mol. The first-order valence-electron chi connectivity index (χ1n) is 8.33. The molecule has 4 rings (SSSR count). The Balaban J connectivity index is 1.57. The highest BCUT2D eigenvalue weighted by Gasteiger charge is 2.44. The van der Waals surface area contributed by atoms with Crippen molar-refractivity contribution in [1.29, 1.82) is 0 Å². The Morgan fingerprint density at radius 3 is 2.80 bits per heavy atom. The summed E-state index contributed by atoms with van der Waals surface area (Å²) in [6.07, 6.45) is 4.46. The number of likely N-dealkylation sites (tertiary alicyclic amines) is 1. The van der Waals surface area contributed by atoms with Crippen molar-refractivity contribution in [3.8, 4) is 5.75 Å². The Morgan fingerprint density at radius 2 is 2.08 bits per heavy atom. The second-order valence-corrected chi connectivity index (χ2v) is 6.72. The number of carbonyl (C=O) groups is 1. The zero-order valence-electron chi connectivity index (χ0n) is 13.7. The monoisotopic (exact) mass is 341 g/mol. The molecule has 1 amide bonds. The first-order valence-corrected chi connectivity index (χ1v) is 8.33. The first-order chi connectivity index (χ1) is 12.0. The lowest BCUT2D eigenvalue weighted by Crippen LogP contribution is -2.45. The molecule has 1 aliphatic heterocycles. The number of carbonyl (C=O) groups excluding carboxylic acids is 1. The van der Waals surface area contributed by atoms with Crippen LogP contribution in [0.2, 0.25) is 0 Å². The number of fused-ring (bicyclic) bond motifs is 2. The molecule has 0 radical (unpaired) electrons. The molecule has 0 bridgehead atoms. The molecule has 2 aromatic heterocycles. The lowest BCUT2D eigenvalue weighted by Gasteiger charge is -2.39. The third kappa shape index (κ3) is 2.45. The number of aromatic nitrogens is 3. The molecule has 2 aromatic rings. The Morgan fingerprint density at radius 1 is 1.32 bits per heavy atom. The quantitative estimate of drug-likeness (QED) is 0.696. The van der Waals surface area contributed by atoms with Gasteiger partial charge in [0.25, 0.3) is 11.5 Å². The van der Waals surface area contributed by atoms with Crippen molar-refractivity contribution in [3.63, 3.8) is 0 Å². The predicted octanol–water partition coefficient (Wildman–Crippen LogP) is 0.573. The van der Waals surface area contributed by atoms with Gasteiger partial charge in [0.15, 0.2) is 5.69 Å². The highest BCUT2D eigenvalue weighted by atomic mass is 16.3. The number of hydrogen-bond acceptors (Lipinski definition) is 6. The molecule has 1 spiro atoms. The van der Waals surface area contributed by atoms with E-state index in [-0.39, 0.29) is 34.3 Å². The number of hydrogen-bond donors (Lipinski definition) is 3. The van der Waals surface area contributed by atoms with Gasteiger partial charge in [0, 0.05) is 30.3 Å². The van der Waals surface area contributed by atoms with Crippen LogP contribution < -0.4 is 11.3 Å². The molecule has 8 nitrogen and oxygen atoms in total. The third-order valence-corrected chi connectivity index (χ3v) is 5.39. The molecule has 25 heavy (non-hydrogen) atoms. The van der Waals surface area contributed by atoms with Crippen molar-refractivity contribution in [2.45, 2.75) is 31.1 Å². The van der Waals surface area contributed by atoms with Gasteiger partial charge in [-0.3, -0.25) is 14.6 Å². The highest BCUT2D eigenvalue weighted by molar-refractivity contribution is 5.94. The van der Waals surface area contributed by atoms with Crippen molar-refractivity contribution >= 4 is 11.9 Å². The van der Waals surface area contributed by atoms with E-state index in [1.54, 1.807) is 11.0 Å². The number of nitrogens with two attached hydrogens (primary N) is 1. The minimum Gasteiger partial charge on any atom is -0.505 e. The number of H-pyrrole nitrogens is 1. The Kier molecular flexibility index (Phi) is 3.48. The minimum absolute atomic E-state index is 0.0732. The molecule has 0 saturated carbocycles. The summed E-state index contributed by atoms with van der Waals surface area (Å²) in [5.74, 6) is -0.244. The normalized spacial score (nSPS) is 18.3. The van der Waals surface area contributed by atoms with Crippen LogP contribution in [0.25, 0.3) is 0 Å². The van der Waals surface area contributed by atoms with Gasteiger partial charge in [0.1, 0.15) is 5.75 Å². The van der Waals surface area contributed by atoms with E-state index in [1.807, 2.05) is 0 Å². The van der Waals surface area contributed by atoms with Crippen LogP contribution in [0, 0.1) is 0 Å². The maximum atomic E-state index is 12.6. The van der Waals surface area contributed by atoms with Gasteiger partial charge in [-0.15, -0.1) is 0 Å². The van der Waals surface area contributed by atoms with E-state index in [2.05, 4.69) is 15.0 Å². The van der Waals surface area contributed by atoms with Crippen LogP contribution in [0.1, 0.15) is 41.0 Å². The van der Waals surface area contributed by atoms with Crippen molar-refractivity contribution in [2.75, 3.05) is 18.8 Å². The molecule has 2 aliphatic rings. The number of pyridine rings is 1. The number of aromatic hydroxyl groups is 1. The zero-order chi connectivity index (χ0) is 17.6. The molecule has 0 unspecified atom stereocenters. The fraction of sp³-hybridized carbons (Fsp3) is 0.412. The number of piperidine rings is 1. The number of amides is 1. The Bertz CT molecular complexity index is 899. The van der Waals surface area contributed by atoms with E-state index in [0.717, 1.165) is 30.5 Å². The number of anilines is 1. The van der Waals surface area contributed by atoms with Crippen LogP contribution in [0.4, 0.5) is 5.95 Å². The van der Waals surface area contributed by atoms with E-state index < -0.39 is 0 Å². The molecule has 1 saturated heterocycles. The lowest BCUT2D eigenvalue weighted by molar-refractivity contribution is 0.0654. The van der Waals surface area contributed by atoms with Gasteiger partial charge in [-0.2, -0.15) is 0 Å². The third-order valence-electron chi connectivity index (χ3n) is 5.39. The van der Waals surface area contributed by atoms with Crippen molar-refractivity contribution in [1.82, 2.24) is 19.9 Å². The number of nitrogens with one attached hydrogen (secondary N) is 1. The van der Waals surface area contributed by atoms with Gasteiger partial charge < -0.3 is 15.7 Å². The summed E-state index contributed by atoms with van der Waals surface area (Å²) in [4.78, 5) is 37.3. The Labute approximate surface area is 143 Å². The van der Waals surface area contributed by atoms with Crippen molar-refractivity contribution in [3.05, 3.63) is 45.6 Å². The van der Waals surface area contributed by atoms with Gasteiger partial charge in [-0.25, -0.2) is 9.97 Å². The van der Waals surface area contributed by atoms with Crippen LogP contribution in [0.15, 0.2) is 23.1 Å². The standard InChI is InChI=1S/C17H19N5O3/c18-16-20-13-10(14(24)21-16)3-4-17(13)5-8-22(9-6-17)15(25)12-11(23)2-1-7-19-12/h1-2,7,23H,3-6,8-9H2,(H3,18,20,21,24). The zero-order valence-corrected chi connectivity index (χ0v) is 13.7. The number of aromatic amines is 1. The average Bonchev–Trinajstić information content (AvgIpc) is 2.94. The van der Waals surface area contributed by atoms with Crippen LogP contribution in [0.5, 0.6) is 5.75 Å². The van der Waals surface area contributed by atoms with Gasteiger partial charge in [0.05, 0.1) is 5.69 Å². The van der Waals surface area contributed by atoms with E-state index in [4.69, 9.17) is 5.73 Å². The summed E-state index contributed by atoms with van der Waals surface area (Å²) in [5.41, 5.74) is 6.96. The first kappa shape index (κ1) is 15.6. The summed E-state index contributed by atoms with van der Waals surface area (Å²) < 4.78 is 0. The molecule has 130 valence electrons. The maximum Gasteiger partial charge on any atom is 0.276 e. The summed E-state index contributed by atoms with van der Waals surface area (Å²) in [5, 5.41) is 9.84. The summed E-state index contributed by atoms with van der Waals surface area (Å²) in [6.45, 7) is 1.06. The number of nitrogens with zero attached hydrogens (tertiary/aromatic N) is 3. The van der Waals surface area contributed by atoms with Crippen LogP contribution in [-0.2, 0) is 11.8 Å². The molecule has 1 fully saturated rings. The van der Waals surface area contributed by atoms with Gasteiger partial charge in [-0.1, -0.05) is 0 Å². The van der Waals surface area contributed by atoms with Crippen LogP contribution in [-0.4, -0.2) is 44.0 Å². The van der Waals surface area contributed by atoms with E-state index in [0.29, 0.717) is 19.5 Å². The minimum atomic E-state index is -0.274. The van der Waals surface area contributed by atoms with E-state index in [1.165, 1.54) is 12.3 Å². The molecule has 1 aliphatic carbocycles. The van der Waals surface area contributed by atoms with Crippen molar-refractivity contribution < 1.29 is 9.90 Å². The molecule has 8 heteroatoms. The van der Waals surface area contributed by atoms with Gasteiger partial charge in [0.2, 0.25) is 5.95 Å². The molecular formula is C17H19N5O3. The summed E-state index contributed by atoms with van der Waals surface area (Å²) >= 11 is 0. The molecule has 0 aromatic carbocycles. The fourth-order valence-electron chi connectivity index (χ4n) is 4.00. The smallest absolute Gasteiger partial charge is 0.276 e. The van der Waals surface area contributed by atoms with E-state index in [9.17, 15) is 14.7 Å². The second-order valence-electron chi connectivity index (χ2n) is 6.72. The van der Waals surface area contributed by atoms with E-state index >= 15 is 0 Å². The molecule has 0 atom stereocenters. The van der Waals surface area contributed by atoms with Gasteiger partial charge in [-0.05, 0) is 37.8 Å². The topological polar surface area (TPSA) is 125 Å². The molecule has 4 N–H and O–H groups in total. The average molecular weight is 341 g/mol. The van der Waals surface area contributed by atoms with Crippen molar-refractivity contribution in [2.24, 2.45) is 0 Å². The fourth-order valence-corrected chi connectivity index (χ4v) is 4.00. The van der Waals surface area contributed by atoms with Gasteiger partial charge >= 0.3 is 0 Å². The summed E-state index contributed by atoms with van der Waals surface area (Å²) in [6, 6.07) is 3.04. The SMILES string of the molecule is Nc1nc2c(c(=O)[nH]1)CCC21CCN(C(=O)c2ncccc2O)CC1. The molecule has 3 heterocycles. The van der Waals surface area contributed by atoms with Crippen LogP contribution in [0.3, 0.4) is 0 Å². The van der Waals surface area contributed by atoms with Crippen LogP contribution >= 0.6 is 0 Å².